The van der Waals surface area contributed by atoms with Crippen LogP contribution in [-0.4, -0.2) is 59.4 Å². The number of carboxylic acid groups (broad SMARTS) is 1. The Hall–Kier alpha value is -1.59. The molecule has 118 valence electrons. The van der Waals surface area contributed by atoms with Crippen LogP contribution in [0.5, 0.6) is 0 Å². The maximum absolute atomic E-state index is 12.7. The van der Waals surface area contributed by atoms with Crippen LogP contribution in [0, 0.1) is 17.8 Å². The highest BCUT2D eigenvalue weighted by Gasteiger charge is 2.46. The zero-order valence-electron chi connectivity index (χ0n) is 12.9. The van der Waals surface area contributed by atoms with E-state index in [1.165, 1.54) is 4.90 Å². The minimum Gasteiger partial charge on any atom is -0.481 e. The molecule has 0 aromatic carbocycles. The van der Waals surface area contributed by atoms with Crippen molar-refractivity contribution in [3.8, 4) is 0 Å². The van der Waals surface area contributed by atoms with E-state index in [-0.39, 0.29) is 17.7 Å². The van der Waals surface area contributed by atoms with Gasteiger partial charge in [0.2, 0.25) is 11.8 Å². The molecule has 6 nitrogen and oxygen atoms in total. The van der Waals surface area contributed by atoms with E-state index in [2.05, 4.69) is 0 Å². The molecule has 21 heavy (non-hydrogen) atoms. The Labute approximate surface area is 125 Å². The van der Waals surface area contributed by atoms with Gasteiger partial charge >= 0.3 is 5.97 Å². The minimum atomic E-state index is -0.896. The number of carboxylic acids is 1. The van der Waals surface area contributed by atoms with E-state index in [0.29, 0.717) is 25.8 Å². The molecule has 2 rings (SSSR count). The first-order valence-electron chi connectivity index (χ1n) is 7.57. The lowest BCUT2D eigenvalue weighted by atomic mass is 9.94. The molecule has 1 saturated carbocycles. The van der Waals surface area contributed by atoms with Crippen LogP contribution in [0.25, 0.3) is 0 Å². The first kappa shape index (κ1) is 15.8. The molecular formula is C15H24N2O4. The number of aliphatic carboxylic acids is 1. The normalized spacial score (nSPS) is 32.2. The second-order valence-electron chi connectivity index (χ2n) is 6.55. The smallest absolute Gasteiger partial charge is 0.307 e. The number of likely N-dealkylation sites (tertiary alicyclic amines) is 1. The zero-order valence-corrected chi connectivity index (χ0v) is 12.9. The highest BCUT2D eigenvalue weighted by Crippen LogP contribution is 2.38. The third-order valence-electron chi connectivity index (χ3n) is 4.69. The number of hydrogen-bond acceptors (Lipinski definition) is 3. The fourth-order valence-electron chi connectivity index (χ4n) is 3.64. The van der Waals surface area contributed by atoms with Crippen molar-refractivity contribution in [1.82, 2.24) is 9.80 Å². The topological polar surface area (TPSA) is 77.9 Å². The van der Waals surface area contributed by atoms with Gasteiger partial charge in [-0.25, -0.2) is 0 Å². The number of likely N-dealkylation sites (N-methyl/N-ethyl adjacent to an activating group) is 1. The first-order valence-corrected chi connectivity index (χ1v) is 7.57. The molecule has 2 fully saturated rings. The Morgan fingerprint density at radius 2 is 1.76 bits per heavy atom. The molecular weight excluding hydrogens is 272 g/mol. The van der Waals surface area contributed by atoms with Gasteiger partial charge in [0.25, 0.3) is 0 Å². The van der Waals surface area contributed by atoms with Crippen LogP contribution in [0.1, 0.15) is 32.6 Å². The van der Waals surface area contributed by atoms with Gasteiger partial charge in [-0.1, -0.05) is 6.92 Å². The van der Waals surface area contributed by atoms with Crippen molar-refractivity contribution in [3.05, 3.63) is 0 Å². The third kappa shape index (κ3) is 3.04. The number of hydrogen-bond donors (Lipinski definition) is 1. The molecule has 6 heteroatoms. The van der Waals surface area contributed by atoms with Gasteiger partial charge in [0.15, 0.2) is 0 Å². The summed E-state index contributed by atoms with van der Waals surface area (Å²) in [5, 5.41) is 9.31. The predicted molar refractivity (Wildman–Crippen MR) is 76.4 cm³/mol. The van der Waals surface area contributed by atoms with Crippen molar-refractivity contribution < 1.29 is 19.5 Å². The summed E-state index contributed by atoms with van der Waals surface area (Å²) in [4.78, 5) is 39.4. The van der Waals surface area contributed by atoms with E-state index in [0.717, 1.165) is 6.42 Å². The highest BCUT2D eigenvalue weighted by atomic mass is 16.4. The van der Waals surface area contributed by atoms with E-state index >= 15 is 0 Å². The summed E-state index contributed by atoms with van der Waals surface area (Å²) in [7, 11) is 3.36. The van der Waals surface area contributed by atoms with Crippen molar-refractivity contribution in [2.45, 2.75) is 38.6 Å². The van der Waals surface area contributed by atoms with Crippen LogP contribution < -0.4 is 0 Å². The van der Waals surface area contributed by atoms with Crippen LogP contribution in [0.15, 0.2) is 0 Å². The Balaban J connectivity index is 2.15. The SMILES string of the molecule is CC1C[C@H](C(=O)N2CCCC2C(=O)N(C)C)[C@H](C(=O)O)C1. The Morgan fingerprint density at radius 1 is 1.14 bits per heavy atom. The number of rotatable bonds is 3. The van der Waals surface area contributed by atoms with Crippen LogP contribution >= 0.6 is 0 Å². The molecule has 2 unspecified atom stereocenters. The molecule has 1 saturated heterocycles. The summed E-state index contributed by atoms with van der Waals surface area (Å²) < 4.78 is 0. The molecule has 0 aromatic heterocycles. The Morgan fingerprint density at radius 3 is 2.33 bits per heavy atom. The van der Waals surface area contributed by atoms with Crippen molar-refractivity contribution in [2.75, 3.05) is 20.6 Å². The van der Waals surface area contributed by atoms with Gasteiger partial charge in [0.1, 0.15) is 6.04 Å². The van der Waals surface area contributed by atoms with E-state index < -0.39 is 23.8 Å². The summed E-state index contributed by atoms with van der Waals surface area (Å²) in [6.45, 7) is 2.54. The van der Waals surface area contributed by atoms with Crippen LogP contribution in [0.2, 0.25) is 0 Å². The average Bonchev–Trinajstić information content (AvgIpc) is 3.02. The van der Waals surface area contributed by atoms with Gasteiger partial charge in [-0.2, -0.15) is 0 Å². The predicted octanol–water partition coefficient (Wildman–Crippen LogP) is 0.812. The largest absolute Gasteiger partial charge is 0.481 e. The minimum absolute atomic E-state index is 0.0706. The van der Waals surface area contributed by atoms with E-state index in [9.17, 15) is 19.5 Å². The number of carbonyl (C=O) groups excluding carboxylic acids is 2. The lowest BCUT2D eigenvalue weighted by Crippen LogP contribution is -2.48. The average molecular weight is 296 g/mol. The fourth-order valence-corrected chi connectivity index (χ4v) is 3.64. The van der Waals surface area contributed by atoms with Gasteiger partial charge in [-0.15, -0.1) is 0 Å². The maximum atomic E-state index is 12.7. The fraction of sp³-hybridized carbons (Fsp3) is 0.800. The summed E-state index contributed by atoms with van der Waals surface area (Å²) in [5.41, 5.74) is 0. The zero-order chi connectivity index (χ0) is 15.7. The molecule has 0 radical (unpaired) electrons. The van der Waals surface area contributed by atoms with E-state index in [4.69, 9.17) is 0 Å². The Kier molecular flexibility index (Phi) is 4.54. The summed E-state index contributed by atoms with van der Waals surface area (Å²) in [5.74, 6) is -1.96. The molecule has 1 N–H and O–H groups in total. The molecule has 0 aromatic rings. The molecule has 2 amide bonds. The lowest BCUT2D eigenvalue weighted by molar-refractivity contribution is -0.151. The van der Waals surface area contributed by atoms with E-state index in [1.807, 2.05) is 6.92 Å². The number of carbonyl (C=O) groups is 3. The van der Waals surface area contributed by atoms with Gasteiger partial charge < -0.3 is 14.9 Å². The third-order valence-corrected chi connectivity index (χ3v) is 4.69. The molecule has 2 aliphatic rings. The number of amides is 2. The molecule has 0 bridgehead atoms. The van der Waals surface area contributed by atoms with Crippen LogP contribution in [-0.2, 0) is 14.4 Å². The van der Waals surface area contributed by atoms with Crippen molar-refractivity contribution >= 4 is 17.8 Å². The quantitative estimate of drug-likeness (QED) is 0.836. The molecule has 1 aliphatic carbocycles. The van der Waals surface area contributed by atoms with Crippen LogP contribution in [0.3, 0.4) is 0 Å². The van der Waals surface area contributed by atoms with Crippen molar-refractivity contribution in [2.24, 2.45) is 17.8 Å². The second-order valence-corrected chi connectivity index (χ2v) is 6.55. The molecule has 1 aliphatic heterocycles. The molecule has 4 atom stereocenters. The van der Waals surface area contributed by atoms with Gasteiger partial charge in [-0.05, 0) is 31.6 Å². The standard InChI is InChI=1S/C15H24N2O4/c1-9-7-10(11(8-9)15(20)21)13(18)17-6-4-5-12(17)14(19)16(2)3/h9-12H,4-8H2,1-3H3,(H,20,21)/t9?,10-,11+,12?/m0/s1. The molecule has 1 heterocycles. The van der Waals surface area contributed by atoms with Crippen molar-refractivity contribution in [3.63, 3.8) is 0 Å². The lowest BCUT2D eigenvalue weighted by Gasteiger charge is -2.29. The first-order chi connectivity index (χ1) is 9.82. The second kappa shape index (κ2) is 6.03. The monoisotopic (exact) mass is 296 g/mol. The summed E-state index contributed by atoms with van der Waals surface area (Å²) >= 11 is 0. The molecule has 0 spiro atoms. The van der Waals surface area contributed by atoms with Crippen LogP contribution in [0.4, 0.5) is 0 Å². The maximum Gasteiger partial charge on any atom is 0.307 e. The number of nitrogens with zero attached hydrogens (tertiary/aromatic N) is 2. The Bertz CT molecular complexity index is 449. The highest BCUT2D eigenvalue weighted by molar-refractivity contribution is 5.91. The summed E-state index contributed by atoms with van der Waals surface area (Å²) in [6.07, 6.45) is 2.62. The van der Waals surface area contributed by atoms with E-state index in [1.54, 1.807) is 19.0 Å². The van der Waals surface area contributed by atoms with Gasteiger partial charge in [0.05, 0.1) is 11.8 Å². The summed E-state index contributed by atoms with van der Waals surface area (Å²) in [6, 6.07) is -0.419. The van der Waals surface area contributed by atoms with Gasteiger partial charge in [0, 0.05) is 20.6 Å². The van der Waals surface area contributed by atoms with Gasteiger partial charge in [-0.3, -0.25) is 14.4 Å². The van der Waals surface area contributed by atoms with Crippen molar-refractivity contribution in [1.29, 1.82) is 0 Å².